The molecule has 0 amide bonds. The Morgan fingerprint density at radius 2 is 1.03 bits per heavy atom. The molecule has 0 fully saturated rings. The van der Waals surface area contributed by atoms with Crippen LogP contribution in [-0.2, 0) is 0 Å². The zero-order valence-corrected chi connectivity index (χ0v) is 18.5. The van der Waals surface area contributed by atoms with Crippen molar-refractivity contribution in [2.45, 2.75) is 0 Å². The van der Waals surface area contributed by atoms with Gasteiger partial charge in [-0.3, -0.25) is 0 Å². The van der Waals surface area contributed by atoms with Crippen LogP contribution in [0.5, 0.6) is 0 Å². The molecule has 158 valence electrons. The predicted molar refractivity (Wildman–Crippen MR) is 139 cm³/mol. The van der Waals surface area contributed by atoms with Crippen molar-refractivity contribution in [2.24, 2.45) is 0 Å². The van der Waals surface area contributed by atoms with E-state index in [0.717, 1.165) is 50.1 Å². The number of benzene rings is 5. The van der Waals surface area contributed by atoms with Gasteiger partial charge in [-0.15, -0.1) is 0 Å². The van der Waals surface area contributed by atoms with Crippen molar-refractivity contribution in [3.8, 4) is 11.1 Å². The van der Waals surface area contributed by atoms with Crippen molar-refractivity contribution in [3.05, 3.63) is 126 Å². The fourth-order valence-electron chi connectivity index (χ4n) is 4.40. The summed E-state index contributed by atoms with van der Waals surface area (Å²) in [6.07, 6.45) is 0. The third kappa shape index (κ3) is 3.45. The minimum Gasteiger partial charge on any atom is -0.454 e. The van der Waals surface area contributed by atoms with Crippen LogP contribution in [0.2, 0.25) is 5.02 Å². The number of para-hydroxylation sites is 4. The van der Waals surface area contributed by atoms with E-state index < -0.39 is 0 Å². The highest BCUT2D eigenvalue weighted by molar-refractivity contribution is 6.36. The zero-order valence-electron chi connectivity index (χ0n) is 17.8. The van der Waals surface area contributed by atoms with Crippen LogP contribution in [0.25, 0.3) is 33.1 Å². The van der Waals surface area contributed by atoms with Gasteiger partial charge in [-0.1, -0.05) is 90.5 Å². The van der Waals surface area contributed by atoms with Crippen LogP contribution in [0.3, 0.4) is 0 Å². The minimum absolute atomic E-state index is 0.631. The van der Waals surface area contributed by atoms with Crippen LogP contribution < -0.4 is 4.90 Å². The summed E-state index contributed by atoms with van der Waals surface area (Å²) in [4.78, 5) is 2.26. The van der Waals surface area contributed by atoms with Gasteiger partial charge in [0.25, 0.3) is 0 Å². The number of nitrogens with zero attached hydrogens (tertiary/aromatic N) is 1. The molecule has 0 saturated carbocycles. The lowest BCUT2D eigenvalue weighted by Crippen LogP contribution is -2.09. The van der Waals surface area contributed by atoms with E-state index in [1.165, 1.54) is 0 Å². The number of hydrogen-bond acceptors (Lipinski definition) is 2. The van der Waals surface area contributed by atoms with E-state index in [4.69, 9.17) is 16.0 Å². The van der Waals surface area contributed by atoms with Gasteiger partial charge in [-0.25, -0.2) is 0 Å². The molecule has 1 aromatic heterocycles. The Hall–Kier alpha value is -4.01. The van der Waals surface area contributed by atoms with Crippen molar-refractivity contribution in [1.29, 1.82) is 0 Å². The number of halogens is 1. The summed E-state index contributed by atoms with van der Waals surface area (Å²) in [6, 6.07) is 41.6. The summed E-state index contributed by atoms with van der Waals surface area (Å²) < 4.78 is 6.24. The molecule has 0 radical (unpaired) electrons. The number of hydrogen-bond donors (Lipinski definition) is 0. The molecule has 33 heavy (non-hydrogen) atoms. The van der Waals surface area contributed by atoms with Gasteiger partial charge in [0, 0.05) is 33.4 Å². The van der Waals surface area contributed by atoms with Crippen LogP contribution in [0.4, 0.5) is 17.1 Å². The fourth-order valence-corrected chi connectivity index (χ4v) is 4.62. The average molecular weight is 446 g/mol. The Labute approximate surface area is 197 Å². The van der Waals surface area contributed by atoms with Gasteiger partial charge < -0.3 is 9.32 Å². The second kappa shape index (κ2) is 8.16. The highest BCUT2D eigenvalue weighted by atomic mass is 35.5. The summed E-state index contributed by atoms with van der Waals surface area (Å²) >= 11 is 6.40. The minimum atomic E-state index is 0.631. The van der Waals surface area contributed by atoms with Gasteiger partial charge in [0.05, 0.1) is 5.02 Å². The maximum absolute atomic E-state index is 6.40. The molecule has 3 heteroatoms. The first-order valence-electron chi connectivity index (χ1n) is 10.9. The topological polar surface area (TPSA) is 16.4 Å². The molecule has 0 aliphatic rings. The number of rotatable bonds is 4. The van der Waals surface area contributed by atoms with Gasteiger partial charge in [-0.05, 0) is 48.0 Å². The van der Waals surface area contributed by atoms with Crippen molar-refractivity contribution in [3.63, 3.8) is 0 Å². The first kappa shape index (κ1) is 19.7. The Bertz CT molecular complexity index is 1510. The lowest BCUT2D eigenvalue weighted by molar-refractivity contribution is 0.670. The number of furan rings is 1. The Kier molecular flexibility index (Phi) is 4.86. The summed E-state index contributed by atoms with van der Waals surface area (Å²) in [7, 11) is 0. The van der Waals surface area contributed by atoms with E-state index in [1.54, 1.807) is 0 Å². The van der Waals surface area contributed by atoms with Gasteiger partial charge in [-0.2, -0.15) is 0 Å². The Morgan fingerprint density at radius 1 is 0.485 bits per heavy atom. The predicted octanol–water partition coefficient (Wildman–Crippen LogP) is 9.38. The molecule has 0 aliphatic carbocycles. The van der Waals surface area contributed by atoms with Crippen LogP contribution in [0, 0.1) is 0 Å². The third-order valence-electron chi connectivity index (χ3n) is 5.94. The van der Waals surface area contributed by atoms with Gasteiger partial charge >= 0.3 is 0 Å². The fraction of sp³-hybridized carbons (Fsp3) is 0. The second-order valence-electron chi connectivity index (χ2n) is 7.95. The SMILES string of the molecule is Clc1cccc2c1oc1c(-c3ccc(N(c4ccccc4)c4ccccc4)cc3)cccc12. The monoisotopic (exact) mass is 445 g/mol. The number of anilines is 3. The molecule has 0 atom stereocenters. The first-order valence-corrected chi connectivity index (χ1v) is 11.3. The average Bonchev–Trinajstić information content (AvgIpc) is 3.27. The lowest BCUT2D eigenvalue weighted by Gasteiger charge is -2.25. The standard InChI is InChI=1S/C30H20ClNO/c31-28-16-8-15-27-26-14-7-13-25(29(26)33-30(27)28)21-17-19-24(20-18-21)32(22-9-3-1-4-10-22)23-11-5-2-6-12-23/h1-20H. The quantitative estimate of drug-likeness (QED) is 0.268. The first-order chi connectivity index (χ1) is 16.3. The normalized spacial score (nSPS) is 11.2. The zero-order chi connectivity index (χ0) is 22.2. The van der Waals surface area contributed by atoms with Crippen LogP contribution in [0.1, 0.15) is 0 Å². The van der Waals surface area contributed by atoms with Crippen LogP contribution >= 0.6 is 11.6 Å². The molecule has 6 rings (SSSR count). The molecule has 0 bridgehead atoms. The van der Waals surface area contributed by atoms with Crippen molar-refractivity contribution in [1.82, 2.24) is 0 Å². The van der Waals surface area contributed by atoms with Gasteiger partial charge in [0.15, 0.2) is 5.58 Å². The van der Waals surface area contributed by atoms with E-state index in [1.807, 2.05) is 24.3 Å². The molecular formula is C30H20ClNO. The summed E-state index contributed by atoms with van der Waals surface area (Å²) in [6.45, 7) is 0. The van der Waals surface area contributed by atoms with E-state index in [2.05, 4.69) is 102 Å². The van der Waals surface area contributed by atoms with Crippen LogP contribution in [0.15, 0.2) is 126 Å². The number of fused-ring (bicyclic) bond motifs is 3. The van der Waals surface area contributed by atoms with Gasteiger partial charge in [0.1, 0.15) is 5.58 Å². The molecule has 5 aromatic carbocycles. The lowest BCUT2D eigenvalue weighted by atomic mass is 10.0. The molecular weight excluding hydrogens is 426 g/mol. The van der Waals surface area contributed by atoms with Crippen molar-refractivity contribution in [2.75, 3.05) is 4.90 Å². The summed E-state index contributed by atoms with van der Waals surface area (Å²) in [5.41, 5.74) is 7.07. The smallest absolute Gasteiger partial charge is 0.154 e. The molecule has 0 N–H and O–H groups in total. The third-order valence-corrected chi connectivity index (χ3v) is 6.24. The molecule has 0 unspecified atom stereocenters. The summed E-state index contributed by atoms with van der Waals surface area (Å²) in [5, 5.41) is 2.74. The maximum Gasteiger partial charge on any atom is 0.154 e. The molecule has 0 spiro atoms. The molecule has 6 aromatic rings. The highest BCUT2D eigenvalue weighted by Crippen LogP contribution is 2.40. The van der Waals surface area contributed by atoms with Gasteiger partial charge in [0.2, 0.25) is 0 Å². The van der Waals surface area contributed by atoms with E-state index >= 15 is 0 Å². The van der Waals surface area contributed by atoms with Crippen LogP contribution in [-0.4, -0.2) is 0 Å². The molecule has 0 aliphatic heterocycles. The summed E-state index contributed by atoms with van der Waals surface area (Å²) in [5.74, 6) is 0. The maximum atomic E-state index is 6.40. The second-order valence-corrected chi connectivity index (χ2v) is 8.36. The molecule has 0 saturated heterocycles. The van der Waals surface area contributed by atoms with E-state index in [9.17, 15) is 0 Å². The highest BCUT2D eigenvalue weighted by Gasteiger charge is 2.15. The van der Waals surface area contributed by atoms with E-state index in [-0.39, 0.29) is 0 Å². The van der Waals surface area contributed by atoms with Crippen molar-refractivity contribution >= 4 is 50.6 Å². The Morgan fingerprint density at radius 3 is 1.67 bits per heavy atom. The Balaban J connectivity index is 1.46. The molecule has 2 nitrogen and oxygen atoms in total. The molecule has 1 heterocycles. The largest absolute Gasteiger partial charge is 0.454 e. The van der Waals surface area contributed by atoms with E-state index in [0.29, 0.717) is 5.02 Å². The van der Waals surface area contributed by atoms with Crippen molar-refractivity contribution < 1.29 is 4.42 Å².